The molecule has 0 amide bonds. The van der Waals surface area contributed by atoms with Gasteiger partial charge in [0, 0.05) is 17.4 Å². The maximum absolute atomic E-state index is 13.7. The SMILES string of the molecule is Fc1ccc(Br)cc1NCc1ccc2c(c1)OCCCO2. The van der Waals surface area contributed by atoms with Gasteiger partial charge in [0.25, 0.3) is 0 Å². The van der Waals surface area contributed by atoms with Gasteiger partial charge >= 0.3 is 0 Å². The van der Waals surface area contributed by atoms with Crippen molar-refractivity contribution in [3.63, 3.8) is 0 Å². The minimum atomic E-state index is -0.271. The molecule has 0 bridgehead atoms. The maximum atomic E-state index is 13.7. The minimum Gasteiger partial charge on any atom is -0.490 e. The van der Waals surface area contributed by atoms with Gasteiger partial charge in [-0.25, -0.2) is 4.39 Å². The van der Waals surface area contributed by atoms with Gasteiger partial charge in [0.1, 0.15) is 5.82 Å². The van der Waals surface area contributed by atoms with Crippen LogP contribution in [0.3, 0.4) is 0 Å². The summed E-state index contributed by atoms with van der Waals surface area (Å²) in [5.41, 5.74) is 1.48. The van der Waals surface area contributed by atoms with Crippen LogP contribution < -0.4 is 14.8 Å². The van der Waals surface area contributed by atoms with Crippen LogP contribution in [0.1, 0.15) is 12.0 Å². The number of rotatable bonds is 3. The third kappa shape index (κ3) is 3.47. The second-order valence-corrected chi connectivity index (χ2v) is 5.72. The molecule has 110 valence electrons. The average Bonchev–Trinajstić information content (AvgIpc) is 2.73. The molecule has 1 aliphatic rings. The van der Waals surface area contributed by atoms with Gasteiger partial charge in [0.2, 0.25) is 0 Å². The Balaban J connectivity index is 1.73. The lowest BCUT2D eigenvalue weighted by Crippen LogP contribution is -2.02. The molecule has 2 aromatic rings. The lowest BCUT2D eigenvalue weighted by atomic mass is 10.2. The fourth-order valence-corrected chi connectivity index (χ4v) is 2.51. The van der Waals surface area contributed by atoms with Gasteiger partial charge in [0.15, 0.2) is 11.5 Å². The molecule has 0 fully saturated rings. The lowest BCUT2D eigenvalue weighted by molar-refractivity contribution is 0.297. The molecule has 1 aliphatic heterocycles. The second-order valence-electron chi connectivity index (χ2n) is 4.81. The number of fused-ring (bicyclic) bond motifs is 1. The van der Waals surface area contributed by atoms with Crippen molar-refractivity contribution in [3.8, 4) is 11.5 Å². The van der Waals surface area contributed by atoms with Gasteiger partial charge in [0.05, 0.1) is 18.9 Å². The molecular weight excluding hydrogens is 337 g/mol. The number of halogens is 2. The average molecular weight is 352 g/mol. The molecule has 0 aromatic heterocycles. The fourth-order valence-electron chi connectivity index (χ4n) is 2.15. The van der Waals surface area contributed by atoms with E-state index in [4.69, 9.17) is 9.47 Å². The first-order chi connectivity index (χ1) is 10.2. The Morgan fingerprint density at radius 1 is 1.05 bits per heavy atom. The third-order valence-electron chi connectivity index (χ3n) is 3.22. The number of nitrogens with one attached hydrogen (secondary N) is 1. The molecule has 2 aromatic carbocycles. The van der Waals surface area contributed by atoms with Crippen LogP contribution in [0.15, 0.2) is 40.9 Å². The smallest absolute Gasteiger partial charge is 0.161 e. The van der Waals surface area contributed by atoms with E-state index in [1.807, 2.05) is 18.2 Å². The molecule has 0 radical (unpaired) electrons. The van der Waals surface area contributed by atoms with E-state index in [-0.39, 0.29) is 5.82 Å². The van der Waals surface area contributed by atoms with Crippen molar-refractivity contribution < 1.29 is 13.9 Å². The summed E-state index contributed by atoms with van der Waals surface area (Å²) >= 11 is 3.34. The first-order valence-corrected chi connectivity index (χ1v) is 7.59. The highest BCUT2D eigenvalue weighted by Gasteiger charge is 2.11. The zero-order chi connectivity index (χ0) is 14.7. The Labute approximate surface area is 131 Å². The molecule has 0 atom stereocenters. The van der Waals surface area contributed by atoms with Crippen molar-refractivity contribution in [2.75, 3.05) is 18.5 Å². The topological polar surface area (TPSA) is 30.5 Å². The molecule has 0 unspecified atom stereocenters. The van der Waals surface area contributed by atoms with Gasteiger partial charge in [-0.3, -0.25) is 0 Å². The van der Waals surface area contributed by atoms with Gasteiger partial charge < -0.3 is 14.8 Å². The zero-order valence-corrected chi connectivity index (χ0v) is 13.0. The first-order valence-electron chi connectivity index (χ1n) is 6.80. The van der Waals surface area contributed by atoms with Gasteiger partial charge in [-0.15, -0.1) is 0 Å². The van der Waals surface area contributed by atoms with Crippen LogP contribution in [0.5, 0.6) is 11.5 Å². The van der Waals surface area contributed by atoms with Crippen LogP contribution in [0.25, 0.3) is 0 Å². The van der Waals surface area contributed by atoms with E-state index in [0.717, 1.165) is 28.0 Å². The normalized spacial score (nSPS) is 13.6. The number of hydrogen-bond donors (Lipinski definition) is 1. The van der Waals surface area contributed by atoms with E-state index < -0.39 is 0 Å². The Bertz CT molecular complexity index is 648. The summed E-state index contributed by atoms with van der Waals surface area (Å²) in [5, 5.41) is 3.09. The Morgan fingerprint density at radius 2 is 1.86 bits per heavy atom. The molecule has 3 rings (SSSR count). The summed E-state index contributed by atoms with van der Waals surface area (Å²) in [4.78, 5) is 0. The van der Waals surface area contributed by atoms with Gasteiger partial charge in [-0.2, -0.15) is 0 Å². The van der Waals surface area contributed by atoms with Gasteiger partial charge in [-0.05, 0) is 35.9 Å². The maximum Gasteiger partial charge on any atom is 0.161 e. The number of anilines is 1. The quantitative estimate of drug-likeness (QED) is 0.890. The van der Waals surface area contributed by atoms with E-state index >= 15 is 0 Å². The Hall–Kier alpha value is -1.75. The lowest BCUT2D eigenvalue weighted by Gasteiger charge is -2.11. The van der Waals surface area contributed by atoms with Crippen molar-refractivity contribution >= 4 is 21.6 Å². The third-order valence-corrected chi connectivity index (χ3v) is 3.72. The second kappa shape index (κ2) is 6.35. The monoisotopic (exact) mass is 351 g/mol. The predicted octanol–water partition coefficient (Wildman–Crippen LogP) is 4.36. The molecule has 1 N–H and O–H groups in total. The Kier molecular flexibility index (Phi) is 4.29. The van der Waals surface area contributed by atoms with Crippen molar-refractivity contribution in [3.05, 3.63) is 52.3 Å². The molecule has 1 heterocycles. The van der Waals surface area contributed by atoms with Crippen molar-refractivity contribution in [2.24, 2.45) is 0 Å². The molecular formula is C16H15BrFNO2. The first kappa shape index (κ1) is 14.2. The van der Waals surface area contributed by atoms with Crippen molar-refractivity contribution in [1.82, 2.24) is 0 Å². The highest BCUT2D eigenvalue weighted by molar-refractivity contribution is 9.10. The summed E-state index contributed by atoms with van der Waals surface area (Å²) in [6.07, 6.45) is 0.880. The Morgan fingerprint density at radius 3 is 2.71 bits per heavy atom. The van der Waals surface area contributed by atoms with Crippen molar-refractivity contribution in [1.29, 1.82) is 0 Å². The van der Waals surface area contributed by atoms with E-state index in [0.29, 0.717) is 25.4 Å². The summed E-state index contributed by atoms with van der Waals surface area (Å²) in [6, 6.07) is 10.6. The fraction of sp³-hybridized carbons (Fsp3) is 0.250. The van der Waals surface area contributed by atoms with Crippen LogP contribution >= 0.6 is 15.9 Å². The largest absolute Gasteiger partial charge is 0.490 e. The van der Waals surface area contributed by atoms with Crippen LogP contribution in [-0.4, -0.2) is 13.2 Å². The number of benzene rings is 2. The highest BCUT2D eigenvalue weighted by atomic mass is 79.9. The van der Waals surface area contributed by atoms with E-state index in [1.54, 1.807) is 12.1 Å². The predicted molar refractivity (Wildman–Crippen MR) is 83.5 cm³/mol. The van der Waals surface area contributed by atoms with Crippen LogP contribution in [0, 0.1) is 5.82 Å². The van der Waals surface area contributed by atoms with Crippen LogP contribution in [-0.2, 0) is 6.54 Å². The minimum absolute atomic E-state index is 0.271. The number of ether oxygens (including phenoxy) is 2. The van der Waals surface area contributed by atoms with Crippen LogP contribution in [0.2, 0.25) is 0 Å². The molecule has 5 heteroatoms. The molecule has 0 aliphatic carbocycles. The summed E-state index contributed by atoms with van der Waals surface area (Å²) in [5.74, 6) is 1.25. The van der Waals surface area contributed by atoms with Crippen LogP contribution in [0.4, 0.5) is 10.1 Å². The van der Waals surface area contributed by atoms with E-state index in [9.17, 15) is 4.39 Å². The molecule has 0 spiro atoms. The standard InChI is InChI=1S/C16H15BrFNO2/c17-12-3-4-13(18)14(9-12)19-10-11-2-5-15-16(8-11)21-7-1-6-20-15/h2-5,8-9,19H,1,6-7,10H2. The molecule has 21 heavy (non-hydrogen) atoms. The molecule has 0 saturated heterocycles. The molecule has 3 nitrogen and oxygen atoms in total. The van der Waals surface area contributed by atoms with Gasteiger partial charge in [-0.1, -0.05) is 22.0 Å². The highest BCUT2D eigenvalue weighted by Crippen LogP contribution is 2.30. The molecule has 0 saturated carbocycles. The van der Waals surface area contributed by atoms with Crippen molar-refractivity contribution in [2.45, 2.75) is 13.0 Å². The summed E-state index contributed by atoms with van der Waals surface area (Å²) in [6.45, 7) is 1.85. The van der Waals surface area contributed by atoms with E-state index in [2.05, 4.69) is 21.2 Å². The van der Waals surface area contributed by atoms with E-state index in [1.165, 1.54) is 6.07 Å². The summed E-state index contributed by atoms with van der Waals surface area (Å²) < 4.78 is 25.7. The zero-order valence-electron chi connectivity index (χ0n) is 11.4. The summed E-state index contributed by atoms with van der Waals surface area (Å²) in [7, 11) is 0. The number of hydrogen-bond acceptors (Lipinski definition) is 3.